The van der Waals surface area contributed by atoms with Crippen molar-refractivity contribution in [1.82, 2.24) is 0 Å². The van der Waals surface area contributed by atoms with Crippen molar-refractivity contribution in [2.75, 3.05) is 10.0 Å². The first-order valence-electron chi connectivity index (χ1n) is 8.36. The number of rotatable bonds is 6. The fourth-order valence-corrected chi connectivity index (χ4v) is 3.57. The molecule has 0 fully saturated rings. The summed E-state index contributed by atoms with van der Waals surface area (Å²) in [6.07, 6.45) is -0.156. The molecule has 150 valence electrons. The van der Waals surface area contributed by atoms with E-state index in [2.05, 4.69) is 10.0 Å². The van der Waals surface area contributed by atoms with Crippen LogP contribution in [0.5, 0.6) is 0 Å². The summed E-state index contributed by atoms with van der Waals surface area (Å²) in [7, 11) is -4.12. The Kier molecular flexibility index (Phi) is 5.88. The van der Waals surface area contributed by atoms with E-state index in [1.807, 2.05) is 0 Å². The molecule has 0 unspecified atom stereocenters. The Morgan fingerprint density at radius 1 is 0.793 bits per heavy atom. The Bertz CT molecular complexity index is 1150. The summed E-state index contributed by atoms with van der Waals surface area (Å²) in [6.45, 7) is 0. The van der Waals surface area contributed by atoms with E-state index < -0.39 is 38.3 Å². The fraction of sp³-hybridized carbons (Fsp3) is 0.0500. The first-order valence-corrected chi connectivity index (χ1v) is 9.84. The largest absolute Gasteiger partial charge is 0.326 e. The van der Waals surface area contributed by atoms with Crippen molar-refractivity contribution in [3.63, 3.8) is 0 Å². The Balaban J connectivity index is 1.66. The van der Waals surface area contributed by atoms with Gasteiger partial charge in [-0.1, -0.05) is 18.2 Å². The van der Waals surface area contributed by atoms with Crippen molar-refractivity contribution in [3.8, 4) is 0 Å². The number of anilines is 2. The lowest BCUT2D eigenvalue weighted by Gasteiger charge is -2.10. The molecule has 3 aromatic rings. The quantitative estimate of drug-likeness (QED) is 0.631. The van der Waals surface area contributed by atoms with Crippen LogP contribution in [0.15, 0.2) is 71.6 Å². The molecule has 0 spiro atoms. The van der Waals surface area contributed by atoms with E-state index in [1.54, 1.807) is 6.07 Å². The molecule has 2 N–H and O–H groups in total. The topological polar surface area (TPSA) is 75.3 Å². The molecule has 1 amide bonds. The van der Waals surface area contributed by atoms with Gasteiger partial charge in [0.15, 0.2) is 11.6 Å². The molecule has 5 nitrogen and oxygen atoms in total. The van der Waals surface area contributed by atoms with Crippen molar-refractivity contribution < 1.29 is 26.4 Å². The van der Waals surface area contributed by atoms with Gasteiger partial charge in [-0.2, -0.15) is 0 Å². The van der Waals surface area contributed by atoms with Gasteiger partial charge in [-0.3, -0.25) is 9.52 Å². The molecule has 0 aliphatic carbocycles. The number of nitrogens with one attached hydrogen (secondary N) is 2. The zero-order chi connectivity index (χ0) is 21.0. The van der Waals surface area contributed by atoms with Gasteiger partial charge >= 0.3 is 0 Å². The number of carbonyl (C=O) groups excluding carboxylic acids is 1. The Hall–Kier alpha value is -3.33. The van der Waals surface area contributed by atoms with Crippen molar-refractivity contribution in [2.24, 2.45) is 0 Å². The SMILES string of the molecule is O=C(Cc1ccccc1F)Nc1ccc(NS(=O)(=O)c2ccc(F)c(F)c2)cc1. The van der Waals surface area contributed by atoms with Crippen molar-refractivity contribution in [1.29, 1.82) is 0 Å². The van der Waals surface area contributed by atoms with Crippen molar-refractivity contribution in [3.05, 3.63) is 89.7 Å². The van der Waals surface area contributed by atoms with E-state index >= 15 is 0 Å². The van der Waals surface area contributed by atoms with Crippen LogP contribution in [0.3, 0.4) is 0 Å². The van der Waals surface area contributed by atoms with Gasteiger partial charge in [0, 0.05) is 11.4 Å². The predicted octanol–water partition coefficient (Wildman–Crippen LogP) is 4.09. The molecule has 3 rings (SSSR count). The van der Waals surface area contributed by atoms with Crippen LogP contribution in [0.2, 0.25) is 0 Å². The van der Waals surface area contributed by atoms with Crippen LogP contribution in [-0.4, -0.2) is 14.3 Å². The second-order valence-corrected chi connectivity index (χ2v) is 7.76. The molecule has 0 bridgehead atoms. The number of hydrogen-bond acceptors (Lipinski definition) is 3. The number of halogens is 3. The number of benzene rings is 3. The van der Waals surface area contributed by atoms with Crippen LogP contribution >= 0.6 is 0 Å². The first-order chi connectivity index (χ1) is 13.7. The lowest BCUT2D eigenvalue weighted by atomic mass is 10.1. The average molecular weight is 420 g/mol. The zero-order valence-corrected chi connectivity index (χ0v) is 15.6. The Labute approximate surface area is 165 Å². The molecule has 0 aliphatic heterocycles. The molecule has 29 heavy (non-hydrogen) atoms. The second-order valence-electron chi connectivity index (χ2n) is 6.08. The van der Waals surface area contributed by atoms with Gasteiger partial charge in [0.2, 0.25) is 5.91 Å². The van der Waals surface area contributed by atoms with Crippen LogP contribution in [0.1, 0.15) is 5.56 Å². The third-order valence-corrected chi connectivity index (χ3v) is 5.31. The average Bonchev–Trinajstić information content (AvgIpc) is 2.67. The summed E-state index contributed by atoms with van der Waals surface area (Å²) in [5.41, 5.74) is 0.782. The lowest BCUT2D eigenvalue weighted by Crippen LogP contribution is -2.15. The van der Waals surface area contributed by atoms with Crippen LogP contribution in [0.25, 0.3) is 0 Å². The van der Waals surface area contributed by atoms with Gasteiger partial charge < -0.3 is 5.32 Å². The maximum absolute atomic E-state index is 13.6. The molecule has 0 atom stereocenters. The summed E-state index contributed by atoms with van der Waals surface area (Å²) < 4.78 is 66.6. The van der Waals surface area contributed by atoms with Gasteiger partial charge in [-0.25, -0.2) is 21.6 Å². The van der Waals surface area contributed by atoms with Crippen molar-refractivity contribution >= 4 is 27.3 Å². The van der Waals surface area contributed by atoms with Crippen LogP contribution in [0, 0.1) is 17.5 Å². The van der Waals surface area contributed by atoms with Gasteiger partial charge in [0.05, 0.1) is 11.3 Å². The van der Waals surface area contributed by atoms with Crippen LogP contribution in [-0.2, 0) is 21.2 Å². The predicted molar refractivity (Wildman–Crippen MR) is 102 cm³/mol. The summed E-state index contributed by atoms with van der Waals surface area (Å²) in [5, 5.41) is 2.58. The minimum atomic E-state index is -4.12. The van der Waals surface area contributed by atoms with E-state index in [9.17, 15) is 26.4 Å². The van der Waals surface area contributed by atoms with E-state index in [1.165, 1.54) is 42.5 Å². The highest BCUT2D eigenvalue weighted by atomic mass is 32.2. The zero-order valence-electron chi connectivity index (χ0n) is 14.8. The third-order valence-electron chi connectivity index (χ3n) is 3.93. The molecule has 3 aromatic carbocycles. The summed E-state index contributed by atoms with van der Waals surface area (Å²) in [6, 6.07) is 13.8. The molecule has 0 aromatic heterocycles. The Morgan fingerprint density at radius 3 is 2.10 bits per heavy atom. The van der Waals surface area contributed by atoms with E-state index in [0.29, 0.717) is 11.8 Å². The van der Waals surface area contributed by atoms with E-state index in [4.69, 9.17) is 0 Å². The van der Waals surface area contributed by atoms with Crippen molar-refractivity contribution in [2.45, 2.75) is 11.3 Å². The highest BCUT2D eigenvalue weighted by Crippen LogP contribution is 2.20. The van der Waals surface area contributed by atoms with Crippen LogP contribution < -0.4 is 10.0 Å². The molecule has 0 saturated carbocycles. The number of hydrogen-bond donors (Lipinski definition) is 2. The third kappa shape index (κ3) is 5.14. The van der Waals surface area contributed by atoms with E-state index in [0.717, 1.165) is 12.1 Å². The number of amides is 1. The van der Waals surface area contributed by atoms with Gasteiger partial charge in [-0.15, -0.1) is 0 Å². The second kappa shape index (κ2) is 8.36. The minimum absolute atomic E-state index is 0.154. The highest BCUT2D eigenvalue weighted by Gasteiger charge is 2.17. The molecule has 0 aliphatic rings. The number of sulfonamides is 1. The van der Waals surface area contributed by atoms with Crippen LogP contribution in [0.4, 0.5) is 24.5 Å². The normalized spacial score (nSPS) is 11.1. The summed E-state index contributed by atoms with van der Waals surface area (Å²) in [5.74, 6) is -3.35. The summed E-state index contributed by atoms with van der Waals surface area (Å²) >= 11 is 0. The molecular formula is C20H15F3N2O3S. The first kappa shape index (κ1) is 20.4. The monoisotopic (exact) mass is 420 g/mol. The molecule has 9 heteroatoms. The smallest absolute Gasteiger partial charge is 0.261 e. The van der Waals surface area contributed by atoms with Gasteiger partial charge in [0.25, 0.3) is 10.0 Å². The lowest BCUT2D eigenvalue weighted by molar-refractivity contribution is -0.115. The maximum atomic E-state index is 13.6. The molecule has 0 saturated heterocycles. The number of carbonyl (C=O) groups is 1. The Morgan fingerprint density at radius 2 is 1.45 bits per heavy atom. The summed E-state index contributed by atoms with van der Waals surface area (Å²) in [4.78, 5) is 11.6. The van der Waals surface area contributed by atoms with Gasteiger partial charge in [0.1, 0.15) is 5.82 Å². The standard InChI is InChI=1S/C20H15F3N2O3S/c21-17-4-2-1-3-13(17)11-20(26)24-14-5-7-15(8-6-14)25-29(27,28)16-9-10-18(22)19(23)12-16/h1-10,12,25H,11H2,(H,24,26). The molecule has 0 radical (unpaired) electrons. The molecular weight excluding hydrogens is 405 g/mol. The van der Waals surface area contributed by atoms with Gasteiger partial charge in [-0.05, 0) is 54.1 Å². The highest BCUT2D eigenvalue weighted by molar-refractivity contribution is 7.92. The minimum Gasteiger partial charge on any atom is -0.326 e. The van der Waals surface area contributed by atoms with E-state index in [-0.39, 0.29) is 17.7 Å². The fourth-order valence-electron chi connectivity index (χ4n) is 2.50. The maximum Gasteiger partial charge on any atom is 0.261 e. The molecule has 0 heterocycles.